The molecule has 142 valence electrons. The summed E-state index contributed by atoms with van der Waals surface area (Å²) in [4.78, 5) is 25.1. The fourth-order valence-electron chi connectivity index (χ4n) is 2.92. The van der Waals surface area contributed by atoms with Crippen LogP contribution in [0, 0.1) is 6.92 Å². The lowest BCUT2D eigenvalue weighted by atomic mass is 10.2. The Morgan fingerprint density at radius 3 is 2.81 bits per heavy atom. The molecule has 1 aliphatic heterocycles. The average molecular weight is 369 g/mol. The molecule has 10 nitrogen and oxygen atoms in total. The normalized spacial score (nSPS) is 22.8. The van der Waals surface area contributed by atoms with Crippen LogP contribution in [0.4, 0.5) is 4.39 Å². The molecular formula is C15H20FN5O5. The second-order valence-electron chi connectivity index (χ2n) is 6.17. The molecular weight excluding hydrogens is 349 g/mol. The Morgan fingerprint density at radius 2 is 2.15 bits per heavy atom. The van der Waals surface area contributed by atoms with Crippen LogP contribution in [-0.2, 0) is 17.8 Å². The van der Waals surface area contributed by atoms with Crippen LogP contribution in [0.15, 0.2) is 22.0 Å². The number of halogens is 1. The Balaban J connectivity index is 1.94. The van der Waals surface area contributed by atoms with Crippen LogP contribution in [0.2, 0.25) is 0 Å². The van der Waals surface area contributed by atoms with Gasteiger partial charge in [-0.05, 0) is 6.92 Å². The van der Waals surface area contributed by atoms with Crippen molar-refractivity contribution in [2.24, 2.45) is 0 Å². The number of aromatic nitrogens is 5. The summed E-state index contributed by atoms with van der Waals surface area (Å²) in [5.41, 5.74) is -0.457. The first-order chi connectivity index (χ1) is 12.4. The maximum atomic E-state index is 12.8. The van der Waals surface area contributed by atoms with E-state index >= 15 is 0 Å². The third-order valence-corrected chi connectivity index (χ3v) is 4.28. The minimum Gasteiger partial charge on any atom is -0.394 e. The van der Waals surface area contributed by atoms with Crippen molar-refractivity contribution in [1.82, 2.24) is 24.1 Å². The summed E-state index contributed by atoms with van der Waals surface area (Å²) < 4.78 is 21.4. The van der Waals surface area contributed by atoms with Crippen molar-refractivity contribution in [3.05, 3.63) is 44.5 Å². The maximum absolute atomic E-state index is 12.8. The molecule has 2 aromatic heterocycles. The van der Waals surface area contributed by atoms with E-state index in [0.29, 0.717) is 11.3 Å². The smallest absolute Gasteiger partial charge is 0.333 e. The van der Waals surface area contributed by atoms with Crippen molar-refractivity contribution in [3.8, 4) is 0 Å². The van der Waals surface area contributed by atoms with Gasteiger partial charge in [0.05, 0.1) is 32.0 Å². The minimum absolute atomic E-state index is 0.0380. The van der Waals surface area contributed by atoms with Gasteiger partial charge in [-0.2, -0.15) is 0 Å². The van der Waals surface area contributed by atoms with Crippen molar-refractivity contribution < 1.29 is 19.3 Å². The Labute approximate surface area is 147 Å². The lowest BCUT2D eigenvalue weighted by Gasteiger charge is -2.17. The Hall–Kier alpha value is -2.37. The summed E-state index contributed by atoms with van der Waals surface area (Å²) in [6, 6.07) is 0. The standard InChI is InChI=1S/C15H20FN5O5/c1-9-5-20(13-4-11(23)12(8-22)26-13)15(25)21(14(9)24)7-10-6-19(3-2-16)18-17-10/h5-6,11-13,22-23H,2-4,7-8H2,1H3/t11?,12-,13-/m1/s1. The Kier molecular flexibility index (Phi) is 5.30. The van der Waals surface area contributed by atoms with E-state index in [9.17, 15) is 24.2 Å². The predicted octanol–water partition coefficient (Wildman–Crippen LogP) is -1.43. The lowest BCUT2D eigenvalue weighted by molar-refractivity contribution is -0.0463. The first-order valence-corrected chi connectivity index (χ1v) is 8.16. The van der Waals surface area contributed by atoms with Crippen molar-refractivity contribution >= 4 is 0 Å². The molecule has 3 rings (SSSR count). The molecule has 1 saturated heterocycles. The van der Waals surface area contributed by atoms with Gasteiger partial charge in [0.1, 0.15) is 24.7 Å². The van der Waals surface area contributed by atoms with Crippen LogP contribution in [0.25, 0.3) is 0 Å². The zero-order valence-corrected chi connectivity index (χ0v) is 14.2. The minimum atomic E-state index is -0.904. The molecule has 1 unspecified atom stereocenters. The van der Waals surface area contributed by atoms with E-state index in [4.69, 9.17) is 4.74 Å². The van der Waals surface area contributed by atoms with Crippen molar-refractivity contribution in [2.45, 2.75) is 44.9 Å². The molecule has 26 heavy (non-hydrogen) atoms. The SMILES string of the molecule is Cc1cn([C@H]2CC(O)[C@@H](CO)O2)c(=O)n(Cc2cn(CCF)nn2)c1=O. The largest absolute Gasteiger partial charge is 0.394 e. The monoisotopic (exact) mass is 369 g/mol. The molecule has 0 aliphatic carbocycles. The fourth-order valence-corrected chi connectivity index (χ4v) is 2.92. The number of aliphatic hydroxyl groups excluding tert-OH is 2. The van der Waals surface area contributed by atoms with Crippen molar-refractivity contribution in [1.29, 1.82) is 0 Å². The number of nitrogens with zero attached hydrogens (tertiary/aromatic N) is 5. The number of ether oxygens (including phenoxy) is 1. The van der Waals surface area contributed by atoms with Gasteiger partial charge in [0, 0.05) is 18.2 Å². The zero-order valence-electron chi connectivity index (χ0n) is 14.2. The molecule has 2 N–H and O–H groups in total. The summed E-state index contributed by atoms with van der Waals surface area (Å²) in [6.07, 6.45) is 0.484. The van der Waals surface area contributed by atoms with Crippen LogP contribution in [0.1, 0.15) is 23.9 Å². The molecule has 3 atom stereocenters. The third-order valence-electron chi connectivity index (χ3n) is 4.28. The van der Waals surface area contributed by atoms with Gasteiger partial charge in [-0.3, -0.25) is 13.9 Å². The van der Waals surface area contributed by atoms with Crippen LogP contribution in [0.3, 0.4) is 0 Å². The molecule has 0 bridgehead atoms. The third kappa shape index (κ3) is 3.45. The molecule has 0 radical (unpaired) electrons. The van der Waals surface area contributed by atoms with Gasteiger partial charge in [-0.1, -0.05) is 5.21 Å². The molecule has 1 aliphatic rings. The first-order valence-electron chi connectivity index (χ1n) is 8.16. The highest BCUT2D eigenvalue weighted by Gasteiger charge is 2.35. The average Bonchev–Trinajstić information content (AvgIpc) is 3.21. The number of hydrogen-bond acceptors (Lipinski definition) is 7. The molecule has 0 amide bonds. The predicted molar refractivity (Wildman–Crippen MR) is 86.4 cm³/mol. The summed E-state index contributed by atoms with van der Waals surface area (Å²) in [7, 11) is 0. The van der Waals surface area contributed by atoms with Crippen LogP contribution >= 0.6 is 0 Å². The number of rotatable bonds is 6. The molecule has 11 heteroatoms. The van der Waals surface area contributed by atoms with E-state index in [0.717, 1.165) is 4.57 Å². The van der Waals surface area contributed by atoms with E-state index in [1.165, 1.54) is 21.6 Å². The maximum Gasteiger partial charge on any atom is 0.333 e. The van der Waals surface area contributed by atoms with E-state index < -0.39 is 36.4 Å². The van der Waals surface area contributed by atoms with Crippen LogP contribution in [-0.4, -0.2) is 59.8 Å². The van der Waals surface area contributed by atoms with Crippen molar-refractivity contribution in [3.63, 3.8) is 0 Å². The topological polar surface area (TPSA) is 124 Å². The van der Waals surface area contributed by atoms with E-state index in [1.54, 1.807) is 6.92 Å². The zero-order chi connectivity index (χ0) is 18.8. The summed E-state index contributed by atoms with van der Waals surface area (Å²) in [6.45, 7) is 0.500. The highest BCUT2D eigenvalue weighted by Crippen LogP contribution is 2.27. The second-order valence-corrected chi connectivity index (χ2v) is 6.17. The van der Waals surface area contributed by atoms with Crippen LogP contribution in [0.5, 0.6) is 0 Å². The summed E-state index contributed by atoms with van der Waals surface area (Å²) in [5.74, 6) is 0. The molecule has 2 aromatic rings. The van der Waals surface area contributed by atoms with Gasteiger partial charge in [-0.25, -0.2) is 13.9 Å². The van der Waals surface area contributed by atoms with Gasteiger partial charge in [0.25, 0.3) is 5.56 Å². The number of alkyl halides is 1. The second kappa shape index (κ2) is 7.48. The van der Waals surface area contributed by atoms with Gasteiger partial charge in [0.15, 0.2) is 0 Å². The highest BCUT2D eigenvalue weighted by atomic mass is 19.1. The Bertz CT molecular complexity index is 891. The van der Waals surface area contributed by atoms with E-state index in [-0.39, 0.29) is 26.1 Å². The van der Waals surface area contributed by atoms with E-state index in [1.807, 2.05) is 0 Å². The molecule has 0 aromatic carbocycles. The number of aliphatic hydroxyl groups is 2. The van der Waals surface area contributed by atoms with Gasteiger partial charge < -0.3 is 14.9 Å². The van der Waals surface area contributed by atoms with Crippen LogP contribution < -0.4 is 11.2 Å². The van der Waals surface area contributed by atoms with Gasteiger partial charge >= 0.3 is 5.69 Å². The molecule has 1 fully saturated rings. The molecule has 3 heterocycles. The Morgan fingerprint density at radius 1 is 1.38 bits per heavy atom. The number of hydrogen-bond donors (Lipinski definition) is 2. The highest BCUT2D eigenvalue weighted by molar-refractivity contribution is 5.06. The quantitative estimate of drug-likeness (QED) is 0.639. The molecule has 0 saturated carbocycles. The van der Waals surface area contributed by atoms with E-state index in [2.05, 4.69) is 10.3 Å². The lowest BCUT2D eigenvalue weighted by Crippen LogP contribution is -2.42. The van der Waals surface area contributed by atoms with Crippen molar-refractivity contribution in [2.75, 3.05) is 13.3 Å². The fraction of sp³-hybridized carbons (Fsp3) is 0.600. The molecule has 0 spiro atoms. The van der Waals surface area contributed by atoms with Gasteiger partial charge in [-0.15, -0.1) is 5.10 Å². The summed E-state index contributed by atoms with van der Waals surface area (Å²) in [5, 5.41) is 26.6. The first kappa shape index (κ1) is 18.4. The summed E-state index contributed by atoms with van der Waals surface area (Å²) >= 11 is 0. The number of aryl methyl sites for hydroxylation is 2. The van der Waals surface area contributed by atoms with Gasteiger partial charge in [0.2, 0.25) is 0 Å².